The molecule has 0 saturated heterocycles. The third-order valence-corrected chi connectivity index (χ3v) is 1.89. The van der Waals surface area contributed by atoms with E-state index in [0.29, 0.717) is 0 Å². The molecule has 0 radical (unpaired) electrons. The zero-order valence-corrected chi connectivity index (χ0v) is 8.24. The number of halogens is 3. The van der Waals surface area contributed by atoms with Gasteiger partial charge in [-0.05, 0) is 0 Å². The summed E-state index contributed by atoms with van der Waals surface area (Å²) < 4.78 is 27.8. The predicted molar refractivity (Wildman–Crippen MR) is 49.5 cm³/mol. The van der Waals surface area contributed by atoms with E-state index in [4.69, 9.17) is 16.9 Å². The largest absolute Gasteiger partial charge is 0.427 e. The average Bonchev–Trinajstić information content (AvgIpc) is 2.16. The molecule has 8 heteroatoms. The van der Waals surface area contributed by atoms with E-state index in [1.807, 2.05) is 0 Å². The molecule has 0 N–H and O–H groups in total. The topological polar surface area (TPSA) is 76.2 Å². The minimum Gasteiger partial charge on any atom is -0.427 e. The van der Waals surface area contributed by atoms with E-state index in [0.717, 1.165) is 12.1 Å². The van der Waals surface area contributed by atoms with E-state index in [-0.39, 0.29) is 10.6 Å². The number of nitro benzene ring substituents is 1. The molecule has 0 fully saturated rings. The molecule has 0 heterocycles. The van der Waals surface area contributed by atoms with Gasteiger partial charge in [-0.2, -0.15) is 14.0 Å². The van der Waals surface area contributed by atoms with Gasteiger partial charge in [-0.3, -0.25) is 10.1 Å². The number of nitro groups is 1. The molecular formula is C8H3ClF2N2O3. The van der Waals surface area contributed by atoms with Gasteiger partial charge in [-0.25, -0.2) is 0 Å². The Labute approximate surface area is 93.0 Å². The summed E-state index contributed by atoms with van der Waals surface area (Å²) in [4.78, 5) is 9.58. The van der Waals surface area contributed by atoms with Gasteiger partial charge in [0.1, 0.15) is 6.07 Å². The number of rotatable bonds is 3. The van der Waals surface area contributed by atoms with Crippen LogP contribution >= 0.6 is 11.6 Å². The zero-order chi connectivity index (χ0) is 12.3. The number of hydrogen-bond donors (Lipinski definition) is 0. The molecule has 0 atom stereocenters. The summed E-state index contributed by atoms with van der Waals surface area (Å²) in [5, 5.41) is 18.9. The Morgan fingerprint density at radius 3 is 2.62 bits per heavy atom. The standard InChI is InChI=1S/C8H3ClF2N2O3/c9-5-2-7(16-8(10)11)6(13(14)15)1-4(5)3-12/h1-2,8H. The van der Waals surface area contributed by atoms with Crippen molar-refractivity contribution >= 4 is 17.3 Å². The van der Waals surface area contributed by atoms with Gasteiger partial charge in [0, 0.05) is 12.1 Å². The first kappa shape index (κ1) is 12.1. The summed E-state index contributed by atoms with van der Waals surface area (Å²) in [5.41, 5.74) is -0.920. The van der Waals surface area contributed by atoms with Crippen molar-refractivity contribution in [2.24, 2.45) is 0 Å². The molecule has 0 aromatic heterocycles. The number of nitrogens with zero attached hydrogens (tertiary/aromatic N) is 2. The van der Waals surface area contributed by atoms with Gasteiger partial charge in [0.15, 0.2) is 0 Å². The summed E-state index contributed by atoms with van der Waals surface area (Å²) in [6.07, 6.45) is 0. The van der Waals surface area contributed by atoms with E-state index in [1.54, 1.807) is 6.07 Å². The number of alkyl halides is 2. The Morgan fingerprint density at radius 2 is 2.19 bits per heavy atom. The van der Waals surface area contributed by atoms with Crippen LogP contribution in [0.2, 0.25) is 5.02 Å². The lowest BCUT2D eigenvalue weighted by molar-refractivity contribution is -0.386. The van der Waals surface area contributed by atoms with E-state index in [2.05, 4.69) is 4.74 Å². The molecule has 1 aromatic carbocycles. The van der Waals surface area contributed by atoms with E-state index in [9.17, 15) is 18.9 Å². The average molecular weight is 249 g/mol. The van der Waals surface area contributed by atoms with Crippen molar-refractivity contribution in [3.05, 3.63) is 32.8 Å². The van der Waals surface area contributed by atoms with Crippen LogP contribution < -0.4 is 4.74 Å². The molecule has 0 aliphatic carbocycles. The summed E-state index contributed by atoms with van der Waals surface area (Å²) in [6, 6.07) is 3.18. The molecule has 0 bridgehead atoms. The van der Waals surface area contributed by atoms with Crippen molar-refractivity contribution in [3.63, 3.8) is 0 Å². The fourth-order valence-electron chi connectivity index (χ4n) is 0.962. The maximum Gasteiger partial charge on any atom is 0.387 e. The highest BCUT2D eigenvalue weighted by Gasteiger charge is 2.21. The van der Waals surface area contributed by atoms with Crippen LogP contribution in [0.3, 0.4) is 0 Å². The molecule has 16 heavy (non-hydrogen) atoms. The normalized spacial score (nSPS) is 9.94. The summed E-state index contributed by atoms with van der Waals surface area (Å²) in [6.45, 7) is -3.21. The fourth-order valence-corrected chi connectivity index (χ4v) is 1.16. The highest BCUT2D eigenvalue weighted by atomic mass is 35.5. The SMILES string of the molecule is N#Cc1cc([N+](=O)[O-])c(OC(F)F)cc1Cl. The number of hydrogen-bond acceptors (Lipinski definition) is 4. The Bertz CT molecular complexity index is 473. The molecule has 0 unspecified atom stereocenters. The molecule has 0 amide bonds. The van der Waals surface area contributed by atoms with Gasteiger partial charge in [0.05, 0.1) is 15.5 Å². The maximum absolute atomic E-state index is 11.9. The van der Waals surface area contributed by atoms with Crippen molar-refractivity contribution in [3.8, 4) is 11.8 Å². The van der Waals surface area contributed by atoms with Crippen LogP contribution in [0.25, 0.3) is 0 Å². The second-order valence-electron chi connectivity index (χ2n) is 2.55. The lowest BCUT2D eigenvalue weighted by atomic mass is 10.2. The van der Waals surface area contributed by atoms with E-state index < -0.39 is 23.0 Å². The fraction of sp³-hybridized carbons (Fsp3) is 0.125. The predicted octanol–water partition coefficient (Wildman–Crippen LogP) is 2.72. The highest BCUT2D eigenvalue weighted by molar-refractivity contribution is 6.32. The van der Waals surface area contributed by atoms with Gasteiger partial charge in [-0.15, -0.1) is 0 Å². The first-order valence-electron chi connectivity index (χ1n) is 3.78. The van der Waals surface area contributed by atoms with Crippen molar-refractivity contribution in [1.29, 1.82) is 5.26 Å². The summed E-state index contributed by atoms with van der Waals surface area (Å²) in [7, 11) is 0. The van der Waals surface area contributed by atoms with E-state index >= 15 is 0 Å². The van der Waals surface area contributed by atoms with Crippen LogP contribution in [0.1, 0.15) is 5.56 Å². The van der Waals surface area contributed by atoms with Gasteiger partial charge in [-0.1, -0.05) is 11.6 Å². The lowest BCUT2D eigenvalue weighted by Crippen LogP contribution is -2.05. The molecule has 5 nitrogen and oxygen atoms in total. The van der Waals surface area contributed by atoms with Crippen LogP contribution in [-0.2, 0) is 0 Å². The second-order valence-corrected chi connectivity index (χ2v) is 2.95. The van der Waals surface area contributed by atoms with Gasteiger partial charge in [0.25, 0.3) is 0 Å². The first-order chi connectivity index (χ1) is 7.45. The maximum atomic E-state index is 11.9. The first-order valence-corrected chi connectivity index (χ1v) is 4.16. The molecule has 0 saturated carbocycles. The summed E-state index contributed by atoms with van der Waals surface area (Å²) >= 11 is 5.52. The van der Waals surface area contributed by atoms with E-state index in [1.165, 1.54) is 0 Å². The Balaban J connectivity index is 3.31. The van der Waals surface area contributed by atoms with Gasteiger partial charge in [0.2, 0.25) is 5.75 Å². The number of benzene rings is 1. The van der Waals surface area contributed by atoms with Crippen molar-refractivity contribution < 1.29 is 18.4 Å². The highest BCUT2D eigenvalue weighted by Crippen LogP contribution is 2.33. The Hall–Kier alpha value is -1.94. The number of ether oxygens (including phenoxy) is 1. The van der Waals surface area contributed by atoms with Gasteiger partial charge >= 0.3 is 12.3 Å². The Morgan fingerprint density at radius 1 is 1.56 bits per heavy atom. The molecule has 84 valence electrons. The van der Waals surface area contributed by atoms with Crippen molar-refractivity contribution in [2.75, 3.05) is 0 Å². The van der Waals surface area contributed by atoms with Gasteiger partial charge < -0.3 is 4.74 Å². The Kier molecular flexibility index (Phi) is 3.58. The zero-order valence-electron chi connectivity index (χ0n) is 7.49. The smallest absolute Gasteiger partial charge is 0.387 e. The quantitative estimate of drug-likeness (QED) is 0.609. The minimum absolute atomic E-state index is 0.185. The summed E-state index contributed by atoms with van der Waals surface area (Å²) in [5.74, 6) is -0.677. The van der Waals surface area contributed by atoms with Crippen LogP contribution in [0.15, 0.2) is 12.1 Å². The molecule has 0 aliphatic rings. The molecule has 1 rings (SSSR count). The third-order valence-electron chi connectivity index (χ3n) is 1.58. The van der Waals surface area contributed by atoms with Crippen LogP contribution in [-0.4, -0.2) is 11.5 Å². The van der Waals surface area contributed by atoms with Crippen molar-refractivity contribution in [2.45, 2.75) is 6.61 Å². The third kappa shape index (κ3) is 2.55. The molecule has 1 aromatic rings. The second kappa shape index (κ2) is 4.72. The van der Waals surface area contributed by atoms with Crippen molar-refractivity contribution in [1.82, 2.24) is 0 Å². The monoisotopic (exact) mass is 248 g/mol. The van der Waals surface area contributed by atoms with Crippen LogP contribution in [0, 0.1) is 21.4 Å². The molecule has 0 aliphatic heterocycles. The molecular weight excluding hydrogens is 246 g/mol. The minimum atomic E-state index is -3.21. The van der Waals surface area contributed by atoms with Crippen LogP contribution in [0.5, 0.6) is 5.75 Å². The molecule has 0 spiro atoms. The lowest BCUT2D eigenvalue weighted by Gasteiger charge is -2.06. The van der Waals surface area contributed by atoms with Crippen LogP contribution in [0.4, 0.5) is 14.5 Å². The number of nitriles is 1.